The van der Waals surface area contributed by atoms with Gasteiger partial charge in [-0.05, 0) is 0 Å². The number of rotatable bonds is 2. The van der Waals surface area contributed by atoms with E-state index in [1.165, 1.54) is 4.68 Å². The Morgan fingerprint density at radius 1 is 1.53 bits per heavy atom. The lowest BCUT2D eigenvalue weighted by Crippen LogP contribution is -2.60. The van der Waals surface area contributed by atoms with Gasteiger partial charge in [0.2, 0.25) is 0 Å². The first-order chi connectivity index (χ1) is 7.48. The van der Waals surface area contributed by atoms with Crippen molar-refractivity contribution < 1.29 is 13.2 Å². The van der Waals surface area contributed by atoms with Crippen LogP contribution in [0.1, 0.15) is 12.0 Å². The zero-order valence-corrected chi connectivity index (χ0v) is 9.48. The number of nitriles is 1. The first-order valence-electron chi connectivity index (χ1n) is 4.68. The van der Waals surface area contributed by atoms with Crippen LogP contribution in [0.5, 0.6) is 0 Å². The standard InChI is InChI=1S/C9H9F3N4.ClH/c10-9(11,12)7-3-15-16(4-7)8(1-2-13)5-14-6-8;/h3-4,14H,1,5-6H2;1H. The van der Waals surface area contributed by atoms with Gasteiger partial charge in [-0.1, -0.05) is 0 Å². The predicted molar refractivity (Wildman–Crippen MR) is 55.6 cm³/mol. The molecule has 1 N–H and O–H groups in total. The normalized spacial score (nSPS) is 17.8. The molecule has 1 fully saturated rings. The van der Waals surface area contributed by atoms with Crippen LogP contribution in [-0.4, -0.2) is 22.9 Å². The molecular weight excluding hydrogens is 257 g/mol. The lowest BCUT2D eigenvalue weighted by atomic mass is 9.89. The van der Waals surface area contributed by atoms with Crippen molar-refractivity contribution in [1.29, 1.82) is 5.26 Å². The Morgan fingerprint density at radius 2 is 2.18 bits per heavy atom. The molecule has 0 unspecified atom stereocenters. The summed E-state index contributed by atoms with van der Waals surface area (Å²) in [5.41, 5.74) is -1.39. The average molecular weight is 267 g/mol. The van der Waals surface area contributed by atoms with Gasteiger partial charge in [0.05, 0.1) is 24.3 Å². The van der Waals surface area contributed by atoms with Crippen LogP contribution in [0.2, 0.25) is 0 Å². The second kappa shape index (κ2) is 4.55. The van der Waals surface area contributed by atoms with Crippen molar-refractivity contribution in [2.45, 2.75) is 18.1 Å². The number of halogens is 4. The third-order valence-corrected chi connectivity index (χ3v) is 2.71. The fraction of sp³-hybridized carbons (Fsp3) is 0.556. The molecule has 0 atom stereocenters. The highest BCUT2D eigenvalue weighted by Crippen LogP contribution is 2.31. The molecule has 17 heavy (non-hydrogen) atoms. The molecule has 4 nitrogen and oxygen atoms in total. The first kappa shape index (κ1) is 13.8. The zero-order chi connectivity index (χ0) is 11.8. The molecule has 0 radical (unpaired) electrons. The average Bonchev–Trinajstić information content (AvgIpc) is 2.59. The summed E-state index contributed by atoms with van der Waals surface area (Å²) in [6, 6.07) is 1.97. The van der Waals surface area contributed by atoms with Crippen LogP contribution in [0.15, 0.2) is 12.4 Å². The predicted octanol–water partition coefficient (Wildman–Crippen LogP) is 1.54. The van der Waals surface area contributed by atoms with E-state index in [2.05, 4.69) is 10.4 Å². The van der Waals surface area contributed by atoms with Crippen LogP contribution >= 0.6 is 12.4 Å². The summed E-state index contributed by atoms with van der Waals surface area (Å²) in [6.07, 6.45) is -2.49. The number of alkyl halides is 3. The van der Waals surface area contributed by atoms with Crippen LogP contribution in [0, 0.1) is 11.3 Å². The second-order valence-electron chi connectivity index (χ2n) is 3.83. The van der Waals surface area contributed by atoms with Crippen molar-refractivity contribution in [3.63, 3.8) is 0 Å². The van der Waals surface area contributed by atoms with Gasteiger partial charge >= 0.3 is 6.18 Å². The van der Waals surface area contributed by atoms with Crippen molar-refractivity contribution in [2.24, 2.45) is 0 Å². The summed E-state index contributed by atoms with van der Waals surface area (Å²) in [6.45, 7) is 0.944. The van der Waals surface area contributed by atoms with E-state index in [1.807, 2.05) is 6.07 Å². The third kappa shape index (κ3) is 2.37. The maximum Gasteiger partial charge on any atom is 0.419 e. The number of nitrogens with one attached hydrogen (secondary N) is 1. The van der Waals surface area contributed by atoms with Gasteiger partial charge in [0.15, 0.2) is 0 Å². The van der Waals surface area contributed by atoms with E-state index in [4.69, 9.17) is 5.26 Å². The van der Waals surface area contributed by atoms with Gasteiger partial charge in [-0.15, -0.1) is 12.4 Å². The molecule has 0 aliphatic carbocycles. The summed E-state index contributed by atoms with van der Waals surface area (Å²) in [4.78, 5) is 0. The van der Waals surface area contributed by atoms with E-state index < -0.39 is 17.3 Å². The smallest absolute Gasteiger partial charge is 0.312 e. The zero-order valence-electron chi connectivity index (χ0n) is 8.66. The van der Waals surface area contributed by atoms with Gasteiger partial charge in [0, 0.05) is 19.3 Å². The molecule has 0 amide bonds. The number of hydrogen-bond donors (Lipinski definition) is 1. The summed E-state index contributed by atoms with van der Waals surface area (Å²) >= 11 is 0. The summed E-state index contributed by atoms with van der Waals surface area (Å²) in [5, 5.41) is 15.3. The Labute approximate surface area is 102 Å². The largest absolute Gasteiger partial charge is 0.419 e. The van der Waals surface area contributed by atoms with E-state index >= 15 is 0 Å². The van der Waals surface area contributed by atoms with Gasteiger partial charge in [-0.2, -0.15) is 23.5 Å². The molecule has 8 heteroatoms. The Hall–Kier alpha value is -1.26. The highest BCUT2D eigenvalue weighted by molar-refractivity contribution is 5.85. The van der Waals surface area contributed by atoms with Crippen molar-refractivity contribution in [3.05, 3.63) is 18.0 Å². The summed E-state index contributed by atoms with van der Waals surface area (Å²) < 4.78 is 38.3. The highest BCUT2D eigenvalue weighted by Gasteiger charge is 2.41. The molecule has 0 aromatic carbocycles. The molecule has 1 saturated heterocycles. The van der Waals surface area contributed by atoms with Crippen molar-refractivity contribution >= 4 is 12.4 Å². The lowest BCUT2D eigenvalue weighted by Gasteiger charge is -2.41. The van der Waals surface area contributed by atoms with Gasteiger partial charge < -0.3 is 5.32 Å². The number of aromatic nitrogens is 2. The Morgan fingerprint density at radius 3 is 2.53 bits per heavy atom. The lowest BCUT2D eigenvalue weighted by molar-refractivity contribution is -0.137. The van der Waals surface area contributed by atoms with E-state index in [-0.39, 0.29) is 18.8 Å². The Kier molecular flexibility index (Phi) is 3.69. The minimum absolute atomic E-state index is 0. The molecule has 1 aromatic heterocycles. The molecular formula is C9H10ClF3N4. The van der Waals surface area contributed by atoms with Crippen molar-refractivity contribution in [3.8, 4) is 6.07 Å². The molecule has 94 valence electrons. The van der Waals surface area contributed by atoms with E-state index in [1.54, 1.807) is 0 Å². The quantitative estimate of drug-likeness (QED) is 0.883. The van der Waals surface area contributed by atoms with Gasteiger partial charge in [-0.25, -0.2) is 0 Å². The molecule has 0 saturated carbocycles. The van der Waals surface area contributed by atoms with E-state index in [0.29, 0.717) is 13.1 Å². The van der Waals surface area contributed by atoms with Crippen molar-refractivity contribution in [2.75, 3.05) is 13.1 Å². The molecule has 1 aliphatic rings. The van der Waals surface area contributed by atoms with Crippen LogP contribution < -0.4 is 5.32 Å². The topological polar surface area (TPSA) is 53.6 Å². The molecule has 2 rings (SSSR count). The fourth-order valence-electron chi connectivity index (χ4n) is 1.66. The van der Waals surface area contributed by atoms with Crippen LogP contribution in [0.3, 0.4) is 0 Å². The highest BCUT2D eigenvalue weighted by atomic mass is 35.5. The maximum atomic E-state index is 12.4. The second-order valence-corrected chi connectivity index (χ2v) is 3.83. The Bertz CT molecular complexity index is 430. The maximum absolute atomic E-state index is 12.4. The molecule has 1 aliphatic heterocycles. The molecule has 0 spiro atoms. The van der Waals surface area contributed by atoms with Crippen molar-refractivity contribution in [1.82, 2.24) is 15.1 Å². The number of hydrogen-bond acceptors (Lipinski definition) is 3. The van der Waals surface area contributed by atoms with E-state index in [9.17, 15) is 13.2 Å². The number of nitrogens with zero attached hydrogens (tertiary/aromatic N) is 3. The van der Waals surface area contributed by atoms with Gasteiger partial charge in [-0.3, -0.25) is 4.68 Å². The van der Waals surface area contributed by atoms with E-state index in [0.717, 1.165) is 12.4 Å². The fourth-order valence-corrected chi connectivity index (χ4v) is 1.66. The Balaban J connectivity index is 0.00000144. The van der Waals surface area contributed by atoms with Crippen LogP contribution in [-0.2, 0) is 11.7 Å². The SMILES string of the molecule is Cl.N#CCC1(n2cc(C(F)(F)F)cn2)CNC1. The summed E-state index contributed by atoms with van der Waals surface area (Å²) in [7, 11) is 0. The summed E-state index contributed by atoms with van der Waals surface area (Å²) in [5.74, 6) is 0. The van der Waals surface area contributed by atoms with Gasteiger partial charge in [0.25, 0.3) is 0 Å². The minimum Gasteiger partial charge on any atom is -0.312 e. The van der Waals surface area contributed by atoms with Crippen LogP contribution in [0.25, 0.3) is 0 Å². The first-order valence-corrected chi connectivity index (χ1v) is 4.68. The van der Waals surface area contributed by atoms with Gasteiger partial charge in [0.1, 0.15) is 5.54 Å². The molecule has 0 bridgehead atoms. The monoisotopic (exact) mass is 266 g/mol. The third-order valence-electron chi connectivity index (χ3n) is 2.71. The minimum atomic E-state index is -4.39. The van der Waals surface area contributed by atoms with Crippen LogP contribution in [0.4, 0.5) is 13.2 Å². The molecule has 2 heterocycles. The molecule has 1 aromatic rings.